The fraction of sp³-hybridized carbons (Fsp3) is 0.500. The molecule has 0 saturated carbocycles. The minimum Gasteiger partial charge on any atom is -0.508 e. The molecule has 0 aliphatic heterocycles. The Morgan fingerprint density at radius 2 is 1.46 bits per heavy atom. The van der Waals surface area contributed by atoms with Gasteiger partial charge in [-0.05, 0) is 53.9 Å². The number of hydrogen-bond acceptors (Lipinski definition) is 11. The highest BCUT2D eigenvalue weighted by Gasteiger charge is 2.45. The van der Waals surface area contributed by atoms with E-state index in [0.29, 0.717) is 25.1 Å². The van der Waals surface area contributed by atoms with Gasteiger partial charge in [-0.15, -0.1) is 9.88 Å². The van der Waals surface area contributed by atoms with Gasteiger partial charge in [-0.1, -0.05) is 19.1 Å². The van der Waals surface area contributed by atoms with Crippen molar-refractivity contribution in [3.8, 4) is 11.5 Å². The van der Waals surface area contributed by atoms with Crippen LogP contribution in [0.1, 0.15) is 31.4 Å². The van der Waals surface area contributed by atoms with Crippen molar-refractivity contribution in [2.24, 2.45) is 5.10 Å². The number of rotatable bonds is 18. The van der Waals surface area contributed by atoms with E-state index in [1.54, 1.807) is 40.2 Å². The molecule has 0 saturated heterocycles. The van der Waals surface area contributed by atoms with Crippen LogP contribution in [-0.2, 0) is 45.5 Å². The summed E-state index contributed by atoms with van der Waals surface area (Å²) in [5.74, 6) is 0.872. The van der Waals surface area contributed by atoms with Crippen LogP contribution < -0.4 is 4.74 Å². The average molecular weight is 649 g/mol. The maximum atomic E-state index is 12.8. The number of hydrazone groups is 1. The molecule has 0 aliphatic carbocycles. The Bertz CT molecular complexity index is 1210. The molecule has 0 fully saturated rings. The molecule has 0 aromatic heterocycles. The Balaban J connectivity index is 2.09. The number of hydrogen-bond donors (Lipinski definition) is 1. The van der Waals surface area contributed by atoms with Crippen LogP contribution >= 0.6 is 22.0 Å². The first-order valence-corrected chi connectivity index (χ1v) is 18.6. The molecule has 2 aromatic rings. The van der Waals surface area contributed by atoms with Gasteiger partial charge in [0.1, 0.15) is 24.1 Å². The van der Waals surface area contributed by atoms with E-state index in [1.165, 1.54) is 28.4 Å². The molecule has 2 unspecified atom stereocenters. The first kappa shape index (κ1) is 35.5. The Morgan fingerprint density at radius 1 is 0.951 bits per heavy atom. The molecule has 228 valence electrons. The quantitative estimate of drug-likeness (QED) is 0.109. The van der Waals surface area contributed by atoms with E-state index in [1.807, 2.05) is 45.2 Å². The number of nitrogens with zero attached hydrogens (tertiary/aromatic N) is 3. The van der Waals surface area contributed by atoms with Crippen LogP contribution in [0.3, 0.4) is 0 Å². The summed E-state index contributed by atoms with van der Waals surface area (Å²) in [6.45, 7) is 3.19. The summed E-state index contributed by atoms with van der Waals surface area (Å²) in [6.07, 6.45) is 2.80. The monoisotopic (exact) mass is 648 g/mol. The summed E-state index contributed by atoms with van der Waals surface area (Å²) in [4.78, 5) is 1.69. The summed E-state index contributed by atoms with van der Waals surface area (Å²) < 4.78 is 54.0. The number of phenolic OH excluding ortho intramolecular Hbond substituents is 1. The molecule has 2 atom stereocenters. The largest absolute Gasteiger partial charge is 0.508 e. The number of benzene rings is 2. The molecule has 0 bridgehead atoms. The molecule has 2 aromatic carbocycles. The van der Waals surface area contributed by atoms with Gasteiger partial charge in [0.2, 0.25) is 0 Å². The van der Waals surface area contributed by atoms with Gasteiger partial charge < -0.3 is 27.9 Å². The smallest absolute Gasteiger partial charge is 0.358 e. The van der Waals surface area contributed by atoms with Gasteiger partial charge in [-0.2, -0.15) is 0 Å². The summed E-state index contributed by atoms with van der Waals surface area (Å²) in [5, 5.41) is 13.3. The summed E-state index contributed by atoms with van der Waals surface area (Å²) in [6, 6.07) is 14.4. The second kappa shape index (κ2) is 16.2. The van der Waals surface area contributed by atoms with E-state index < -0.39 is 27.4 Å². The maximum Gasteiger partial charge on any atom is 0.358 e. The van der Waals surface area contributed by atoms with Gasteiger partial charge in [0, 0.05) is 48.3 Å². The van der Waals surface area contributed by atoms with E-state index in [4.69, 9.17) is 34.6 Å². The fourth-order valence-electron chi connectivity index (χ4n) is 3.63. The molecule has 1 N–H and O–H groups in total. The zero-order chi connectivity index (χ0) is 30.7. The molecule has 15 heteroatoms. The van der Waals surface area contributed by atoms with E-state index in [0.717, 1.165) is 11.1 Å². The SMILES string of the molecule is CCC(C)(Oc1ccc(CCN(CP(=O)(OC)OC)CP(=O)(OC)OC)cc1)[P+](=S)N(C)/N=C/c1ccc(O)cc1. The van der Waals surface area contributed by atoms with Crippen molar-refractivity contribution in [2.45, 2.75) is 32.0 Å². The lowest BCUT2D eigenvalue weighted by molar-refractivity contribution is 0.171. The Labute approximate surface area is 249 Å². The Hall–Kier alpha value is -1.71. The molecule has 0 radical (unpaired) electrons. The third-order valence-electron chi connectivity index (χ3n) is 6.43. The van der Waals surface area contributed by atoms with Gasteiger partial charge in [0.05, 0.1) is 13.3 Å². The molecule has 0 amide bonds. The molecule has 11 nitrogen and oxygen atoms in total. The predicted molar refractivity (Wildman–Crippen MR) is 167 cm³/mol. The minimum atomic E-state index is -3.40. The first-order valence-electron chi connectivity index (χ1n) is 12.8. The van der Waals surface area contributed by atoms with E-state index in [2.05, 4.69) is 5.10 Å². The lowest BCUT2D eigenvalue weighted by Gasteiger charge is -2.28. The molecule has 41 heavy (non-hydrogen) atoms. The highest BCUT2D eigenvalue weighted by molar-refractivity contribution is 8.04. The standard InChI is InChI=1S/C26H40N3O8P3S/c1-8-26(2,38(41)28(3)27-19-23-9-13-24(30)14-10-23)37-25-15-11-22(12-16-25)17-18-29(20-39(31,33-4)34-5)21-40(32,35-6)36-7/h9-16,19H,8,17-18,20-21H2,1-7H3/p+1. The van der Waals surface area contributed by atoms with Crippen LogP contribution in [0.25, 0.3) is 0 Å². The van der Waals surface area contributed by atoms with Crippen LogP contribution in [0.15, 0.2) is 53.6 Å². The average Bonchev–Trinajstić information content (AvgIpc) is 2.99. The lowest BCUT2D eigenvalue weighted by Crippen LogP contribution is -2.30. The molecule has 0 spiro atoms. The summed E-state index contributed by atoms with van der Waals surface area (Å²) in [5.41, 5.74) is 1.84. The van der Waals surface area contributed by atoms with Gasteiger partial charge in [0.15, 0.2) is 11.8 Å². The number of aromatic hydroxyl groups is 1. The van der Waals surface area contributed by atoms with E-state index in [9.17, 15) is 14.2 Å². The maximum absolute atomic E-state index is 12.8. The van der Waals surface area contributed by atoms with Crippen molar-refractivity contribution in [3.05, 3.63) is 59.7 Å². The molecule has 2 rings (SSSR count). The zero-order valence-electron chi connectivity index (χ0n) is 24.6. The number of ether oxygens (including phenoxy) is 1. The van der Waals surface area contributed by atoms with Crippen molar-refractivity contribution < 1.29 is 37.1 Å². The topological polar surface area (TPSA) is 119 Å². The molecular formula is C26H41N3O8P3S+. The van der Waals surface area contributed by atoms with Crippen LogP contribution in [-0.4, -0.2) is 80.9 Å². The summed E-state index contributed by atoms with van der Waals surface area (Å²) in [7, 11) is 0.276. The third kappa shape index (κ3) is 10.8. The van der Waals surface area contributed by atoms with Crippen molar-refractivity contribution in [3.63, 3.8) is 0 Å². The second-order valence-corrected chi connectivity index (χ2v) is 16.8. The number of phenols is 1. The van der Waals surface area contributed by atoms with Crippen molar-refractivity contribution in [1.82, 2.24) is 9.68 Å². The Kier molecular flexibility index (Phi) is 14.0. The van der Waals surface area contributed by atoms with E-state index in [-0.39, 0.29) is 18.3 Å². The van der Waals surface area contributed by atoms with Crippen molar-refractivity contribution in [2.75, 3.05) is 54.6 Å². The lowest BCUT2D eigenvalue weighted by atomic mass is 10.1. The highest BCUT2D eigenvalue weighted by Crippen LogP contribution is 2.51. The van der Waals surface area contributed by atoms with Crippen LogP contribution in [0.5, 0.6) is 11.5 Å². The van der Waals surface area contributed by atoms with Crippen LogP contribution in [0, 0.1) is 0 Å². The Morgan fingerprint density at radius 3 is 1.93 bits per heavy atom. The zero-order valence-corrected chi connectivity index (χ0v) is 28.1. The third-order valence-corrected chi connectivity index (χ3v) is 13.9. The van der Waals surface area contributed by atoms with Crippen LogP contribution in [0.4, 0.5) is 0 Å². The van der Waals surface area contributed by atoms with Gasteiger partial charge in [-0.3, -0.25) is 14.0 Å². The molecule has 0 aliphatic rings. The molecular weight excluding hydrogens is 607 g/mol. The van der Waals surface area contributed by atoms with Gasteiger partial charge in [-0.25, -0.2) is 0 Å². The minimum absolute atomic E-state index is 0.0715. The van der Waals surface area contributed by atoms with Crippen molar-refractivity contribution >= 4 is 40.1 Å². The van der Waals surface area contributed by atoms with E-state index >= 15 is 0 Å². The van der Waals surface area contributed by atoms with Gasteiger partial charge in [0.25, 0.3) is 5.34 Å². The normalized spacial score (nSPS) is 14.3. The predicted octanol–water partition coefficient (Wildman–Crippen LogP) is 6.45. The fourth-order valence-corrected chi connectivity index (χ4v) is 7.85. The summed E-state index contributed by atoms with van der Waals surface area (Å²) >= 11 is 5.87. The second-order valence-electron chi connectivity index (χ2n) is 9.25. The van der Waals surface area contributed by atoms with Crippen LogP contribution in [0.2, 0.25) is 0 Å². The van der Waals surface area contributed by atoms with Gasteiger partial charge >= 0.3 is 22.0 Å². The highest BCUT2D eigenvalue weighted by atomic mass is 32.4. The van der Waals surface area contributed by atoms with Crippen molar-refractivity contribution in [1.29, 1.82) is 0 Å². The molecule has 0 heterocycles. The first-order chi connectivity index (χ1) is 19.3.